The molecule has 0 aliphatic heterocycles. The van der Waals surface area contributed by atoms with E-state index < -0.39 is 0 Å². The largest absolute Gasteiger partial charge is 0.133 e. The van der Waals surface area contributed by atoms with Crippen LogP contribution >= 0.6 is 0 Å². The summed E-state index contributed by atoms with van der Waals surface area (Å²) < 4.78 is 0. The maximum absolute atomic E-state index is 2.31. The van der Waals surface area contributed by atoms with Crippen molar-refractivity contribution >= 4 is 6.71 Å². The van der Waals surface area contributed by atoms with Crippen molar-refractivity contribution in [2.75, 3.05) is 0 Å². The second-order valence-corrected chi connectivity index (χ2v) is 4.31. The molecule has 0 amide bonds. The van der Waals surface area contributed by atoms with Crippen LogP contribution in [0.25, 0.3) is 0 Å². The Kier molecular flexibility index (Phi) is 9.74. The lowest BCUT2D eigenvalue weighted by atomic mass is 9.51. The monoisotopic (exact) mass is 180 g/mol. The first-order valence-corrected chi connectivity index (χ1v) is 5.88. The molecule has 0 heterocycles. The zero-order valence-corrected chi connectivity index (χ0v) is 9.68. The normalized spacial score (nSPS) is 11.0. The molecule has 13 heavy (non-hydrogen) atoms. The van der Waals surface area contributed by atoms with Crippen molar-refractivity contribution in [2.45, 2.75) is 65.4 Å². The lowest BCUT2D eigenvalue weighted by molar-refractivity contribution is 0.636. The van der Waals surface area contributed by atoms with Crippen LogP contribution in [0.3, 0.4) is 0 Å². The smallest absolute Gasteiger partial charge is 0.0917 e. The van der Waals surface area contributed by atoms with Gasteiger partial charge in [-0.1, -0.05) is 57.8 Å². The van der Waals surface area contributed by atoms with E-state index >= 15 is 0 Å². The highest BCUT2D eigenvalue weighted by molar-refractivity contribution is 6.55. The molecule has 0 aliphatic carbocycles. The summed E-state index contributed by atoms with van der Waals surface area (Å²) in [5.74, 6) is 0. The first kappa shape index (κ1) is 12.8. The molecule has 0 bridgehead atoms. The standard InChI is InChI=1S/C12H25B/c1-4-5-6-7-8-9-10-11-12-13(2)3/h4-5H,6-12H2,1-3H3/b5-4+. The summed E-state index contributed by atoms with van der Waals surface area (Å²) in [6.45, 7) is 7.61. The van der Waals surface area contributed by atoms with E-state index in [-0.39, 0.29) is 0 Å². The molecule has 0 rings (SSSR count). The number of allylic oxidation sites excluding steroid dienone is 2. The lowest BCUT2D eigenvalue weighted by Gasteiger charge is -2.01. The van der Waals surface area contributed by atoms with Gasteiger partial charge in [0.15, 0.2) is 0 Å². The Bertz CT molecular complexity index is 116. The van der Waals surface area contributed by atoms with Crippen LogP contribution in [0, 0.1) is 0 Å². The third-order valence-corrected chi connectivity index (χ3v) is 2.39. The first-order chi connectivity index (χ1) is 6.27. The first-order valence-electron chi connectivity index (χ1n) is 5.88. The van der Waals surface area contributed by atoms with Crippen molar-refractivity contribution in [3.05, 3.63) is 12.2 Å². The van der Waals surface area contributed by atoms with Crippen LogP contribution in [0.4, 0.5) is 0 Å². The van der Waals surface area contributed by atoms with Crippen LogP contribution < -0.4 is 0 Å². The average molecular weight is 180 g/mol. The molecule has 0 atom stereocenters. The molecule has 0 aromatic rings. The highest BCUT2D eigenvalue weighted by atomic mass is 13.9. The molecule has 0 N–H and O–H groups in total. The van der Waals surface area contributed by atoms with Gasteiger partial charge < -0.3 is 0 Å². The second kappa shape index (κ2) is 9.89. The Hall–Kier alpha value is -0.195. The van der Waals surface area contributed by atoms with Crippen LogP contribution in [0.2, 0.25) is 20.0 Å². The van der Waals surface area contributed by atoms with E-state index in [0.717, 1.165) is 6.71 Å². The van der Waals surface area contributed by atoms with Gasteiger partial charge in [-0.2, -0.15) is 0 Å². The fourth-order valence-corrected chi connectivity index (χ4v) is 1.51. The molecule has 0 saturated heterocycles. The molecule has 0 saturated carbocycles. The molecule has 1 heteroatoms. The number of rotatable bonds is 8. The third-order valence-electron chi connectivity index (χ3n) is 2.39. The SMILES string of the molecule is C/C=C/CCCCCCCB(C)C. The van der Waals surface area contributed by atoms with Crippen molar-refractivity contribution in [3.8, 4) is 0 Å². The van der Waals surface area contributed by atoms with Crippen LogP contribution in [0.15, 0.2) is 12.2 Å². The van der Waals surface area contributed by atoms with Crippen molar-refractivity contribution in [3.63, 3.8) is 0 Å². The van der Waals surface area contributed by atoms with Crippen LogP contribution in [-0.4, -0.2) is 6.71 Å². The third kappa shape index (κ3) is 11.8. The van der Waals surface area contributed by atoms with Gasteiger partial charge in [0, 0.05) is 0 Å². The van der Waals surface area contributed by atoms with Gasteiger partial charge in [-0.25, -0.2) is 0 Å². The molecule has 0 unspecified atom stereocenters. The van der Waals surface area contributed by atoms with Crippen LogP contribution in [-0.2, 0) is 0 Å². The Morgan fingerprint density at radius 2 is 1.54 bits per heavy atom. The van der Waals surface area contributed by atoms with Crippen LogP contribution in [0.1, 0.15) is 45.4 Å². The molecule has 0 aromatic carbocycles. The van der Waals surface area contributed by atoms with E-state index in [1.807, 2.05) is 0 Å². The molecule has 0 radical (unpaired) electrons. The minimum absolute atomic E-state index is 0.892. The molecule has 0 aromatic heterocycles. The Morgan fingerprint density at radius 1 is 0.923 bits per heavy atom. The van der Waals surface area contributed by atoms with Crippen molar-refractivity contribution in [2.24, 2.45) is 0 Å². The molecular formula is C12H25B. The van der Waals surface area contributed by atoms with Gasteiger partial charge in [-0.3, -0.25) is 0 Å². The van der Waals surface area contributed by atoms with E-state index in [9.17, 15) is 0 Å². The number of unbranched alkanes of at least 4 members (excludes halogenated alkanes) is 5. The Morgan fingerprint density at radius 3 is 2.15 bits per heavy atom. The molecule has 76 valence electrons. The minimum Gasteiger partial charge on any atom is -0.0917 e. The highest BCUT2D eigenvalue weighted by Crippen LogP contribution is 2.09. The minimum atomic E-state index is 0.892. The van der Waals surface area contributed by atoms with Crippen molar-refractivity contribution < 1.29 is 0 Å². The molecule has 0 aliphatic rings. The number of hydrogen-bond donors (Lipinski definition) is 0. The molecular weight excluding hydrogens is 155 g/mol. The fraction of sp³-hybridized carbons (Fsp3) is 0.833. The predicted octanol–water partition coefficient (Wildman–Crippen LogP) is 4.66. The molecule has 0 nitrogen and oxygen atoms in total. The number of hydrogen-bond acceptors (Lipinski definition) is 0. The quantitative estimate of drug-likeness (QED) is 0.289. The zero-order valence-electron chi connectivity index (χ0n) is 9.68. The van der Waals surface area contributed by atoms with Gasteiger partial charge in [-0.05, 0) is 19.8 Å². The topological polar surface area (TPSA) is 0 Å². The summed E-state index contributed by atoms with van der Waals surface area (Å²) in [6.07, 6.45) is 14.2. The van der Waals surface area contributed by atoms with E-state index in [0.29, 0.717) is 0 Å². The fourth-order valence-electron chi connectivity index (χ4n) is 1.51. The molecule has 0 fully saturated rings. The van der Waals surface area contributed by atoms with Gasteiger partial charge in [0.2, 0.25) is 0 Å². The van der Waals surface area contributed by atoms with E-state index in [2.05, 4.69) is 32.7 Å². The van der Waals surface area contributed by atoms with Crippen molar-refractivity contribution in [1.29, 1.82) is 0 Å². The Balaban J connectivity index is 2.91. The summed E-state index contributed by atoms with van der Waals surface area (Å²) in [6, 6.07) is 0. The van der Waals surface area contributed by atoms with Gasteiger partial charge in [0.05, 0.1) is 0 Å². The van der Waals surface area contributed by atoms with E-state index in [4.69, 9.17) is 0 Å². The second-order valence-electron chi connectivity index (χ2n) is 4.31. The highest BCUT2D eigenvalue weighted by Gasteiger charge is 1.96. The van der Waals surface area contributed by atoms with Crippen molar-refractivity contribution in [1.82, 2.24) is 0 Å². The average Bonchev–Trinajstić information content (AvgIpc) is 2.09. The van der Waals surface area contributed by atoms with E-state index in [1.165, 1.54) is 44.8 Å². The summed E-state index contributed by atoms with van der Waals surface area (Å²) >= 11 is 0. The van der Waals surface area contributed by atoms with E-state index in [1.54, 1.807) is 0 Å². The van der Waals surface area contributed by atoms with Crippen LogP contribution in [0.5, 0.6) is 0 Å². The summed E-state index contributed by atoms with van der Waals surface area (Å²) in [4.78, 5) is 0. The maximum Gasteiger partial charge on any atom is 0.133 e. The summed E-state index contributed by atoms with van der Waals surface area (Å²) in [7, 11) is 0. The van der Waals surface area contributed by atoms with Gasteiger partial charge in [-0.15, -0.1) is 0 Å². The zero-order chi connectivity index (χ0) is 9.94. The lowest BCUT2D eigenvalue weighted by Crippen LogP contribution is -1.97. The predicted molar refractivity (Wildman–Crippen MR) is 64.8 cm³/mol. The maximum atomic E-state index is 2.31. The molecule has 0 spiro atoms. The summed E-state index contributed by atoms with van der Waals surface area (Å²) in [5.41, 5.74) is 0. The van der Waals surface area contributed by atoms with Gasteiger partial charge in [0.1, 0.15) is 6.71 Å². The summed E-state index contributed by atoms with van der Waals surface area (Å²) in [5, 5.41) is 0. The van der Waals surface area contributed by atoms with Gasteiger partial charge in [0.25, 0.3) is 0 Å². The van der Waals surface area contributed by atoms with Gasteiger partial charge >= 0.3 is 0 Å². The Labute approximate surface area is 84.9 Å².